The summed E-state index contributed by atoms with van der Waals surface area (Å²) in [4.78, 5) is 11.3. The fourth-order valence-corrected chi connectivity index (χ4v) is 3.95. The van der Waals surface area contributed by atoms with Crippen molar-refractivity contribution in [3.05, 3.63) is 0 Å². The number of nitriles is 1. The molecule has 0 amide bonds. The molecule has 2 saturated heterocycles. The van der Waals surface area contributed by atoms with Crippen molar-refractivity contribution in [3.63, 3.8) is 0 Å². The lowest BCUT2D eigenvalue weighted by molar-refractivity contribution is -0.150. The zero-order chi connectivity index (χ0) is 11.1. The van der Waals surface area contributed by atoms with E-state index in [4.69, 9.17) is 10.00 Å². The fraction of sp³-hybridized carbons (Fsp3) is 0.818. The van der Waals surface area contributed by atoms with Crippen LogP contribution in [-0.4, -0.2) is 22.1 Å². The standard InChI is InChI=1S/C11H15NO2S/c1-10(2)7-11(3-4-15-10)8(6-12)5-9(13)14-11/h8H,3-5,7H2,1-2H3/t8-,11-/m1/s1. The average molecular weight is 225 g/mol. The number of carbonyl (C=O) groups excluding carboxylic acids is 1. The van der Waals surface area contributed by atoms with E-state index in [1.54, 1.807) is 0 Å². The van der Waals surface area contributed by atoms with Gasteiger partial charge in [-0.3, -0.25) is 4.79 Å². The van der Waals surface area contributed by atoms with Gasteiger partial charge in [-0.2, -0.15) is 17.0 Å². The number of ether oxygens (including phenoxy) is 1. The van der Waals surface area contributed by atoms with Gasteiger partial charge in [0.05, 0.1) is 18.4 Å². The van der Waals surface area contributed by atoms with Crippen molar-refractivity contribution in [2.75, 3.05) is 5.75 Å². The van der Waals surface area contributed by atoms with Crippen molar-refractivity contribution in [2.24, 2.45) is 5.92 Å². The first-order chi connectivity index (χ1) is 6.97. The van der Waals surface area contributed by atoms with Crippen LogP contribution in [0.5, 0.6) is 0 Å². The molecule has 2 aliphatic heterocycles. The van der Waals surface area contributed by atoms with Crippen molar-refractivity contribution in [1.82, 2.24) is 0 Å². The summed E-state index contributed by atoms with van der Waals surface area (Å²) in [5, 5.41) is 9.08. The molecular weight excluding hydrogens is 210 g/mol. The Balaban J connectivity index is 2.25. The molecule has 3 nitrogen and oxygen atoms in total. The Morgan fingerprint density at radius 1 is 1.60 bits per heavy atom. The van der Waals surface area contributed by atoms with Crippen LogP contribution in [0.25, 0.3) is 0 Å². The van der Waals surface area contributed by atoms with Crippen LogP contribution < -0.4 is 0 Å². The monoisotopic (exact) mass is 225 g/mol. The predicted octanol–water partition coefficient (Wildman–Crippen LogP) is 2.12. The first-order valence-corrected chi connectivity index (χ1v) is 6.21. The summed E-state index contributed by atoms with van der Waals surface area (Å²) in [5.41, 5.74) is -0.486. The highest BCUT2D eigenvalue weighted by atomic mass is 32.2. The number of esters is 1. The first-order valence-electron chi connectivity index (χ1n) is 5.23. The highest BCUT2D eigenvalue weighted by Gasteiger charge is 2.53. The summed E-state index contributed by atoms with van der Waals surface area (Å²) in [5.74, 6) is 0.521. The number of rotatable bonds is 0. The lowest BCUT2D eigenvalue weighted by Gasteiger charge is -2.42. The number of carbonyl (C=O) groups is 1. The number of nitrogens with zero attached hydrogens (tertiary/aromatic N) is 1. The van der Waals surface area contributed by atoms with Gasteiger partial charge in [-0.1, -0.05) is 13.8 Å². The Morgan fingerprint density at radius 3 is 2.93 bits per heavy atom. The first kappa shape index (κ1) is 10.8. The Kier molecular flexibility index (Phi) is 2.46. The van der Waals surface area contributed by atoms with E-state index in [1.807, 2.05) is 11.8 Å². The number of hydrogen-bond donors (Lipinski definition) is 0. The van der Waals surface area contributed by atoms with E-state index in [-0.39, 0.29) is 23.1 Å². The predicted molar refractivity (Wildman–Crippen MR) is 58.3 cm³/mol. The Hall–Kier alpha value is -0.690. The third-order valence-corrected chi connectivity index (χ3v) is 4.56. The van der Waals surface area contributed by atoms with E-state index in [1.165, 1.54) is 0 Å². The zero-order valence-corrected chi connectivity index (χ0v) is 9.89. The summed E-state index contributed by atoms with van der Waals surface area (Å²) >= 11 is 1.89. The molecule has 4 heteroatoms. The van der Waals surface area contributed by atoms with Crippen LogP contribution in [-0.2, 0) is 9.53 Å². The molecule has 1 spiro atoms. The van der Waals surface area contributed by atoms with Crippen LogP contribution in [0.3, 0.4) is 0 Å². The quantitative estimate of drug-likeness (QED) is 0.592. The molecular formula is C11H15NO2S. The minimum atomic E-state index is -0.486. The number of hydrogen-bond acceptors (Lipinski definition) is 4. The molecule has 2 heterocycles. The minimum Gasteiger partial charge on any atom is -0.458 e. The minimum absolute atomic E-state index is 0.109. The van der Waals surface area contributed by atoms with Gasteiger partial charge in [0.25, 0.3) is 0 Å². The Morgan fingerprint density at radius 2 is 2.33 bits per heavy atom. The van der Waals surface area contributed by atoms with E-state index >= 15 is 0 Å². The van der Waals surface area contributed by atoms with Gasteiger partial charge in [0.15, 0.2) is 0 Å². The smallest absolute Gasteiger partial charge is 0.307 e. The third kappa shape index (κ3) is 1.85. The lowest BCUT2D eigenvalue weighted by Crippen LogP contribution is -2.45. The lowest BCUT2D eigenvalue weighted by atomic mass is 9.79. The highest BCUT2D eigenvalue weighted by Crippen LogP contribution is 2.49. The van der Waals surface area contributed by atoms with Crippen LogP contribution >= 0.6 is 11.8 Å². The zero-order valence-electron chi connectivity index (χ0n) is 9.08. The van der Waals surface area contributed by atoms with Gasteiger partial charge in [0.1, 0.15) is 5.60 Å². The van der Waals surface area contributed by atoms with Gasteiger partial charge in [-0.25, -0.2) is 0 Å². The van der Waals surface area contributed by atoms with Crippen molar-refractivity contribution in [1.29, 1.82) is 5.26 Å². The molecule has 15 heavy (non-hydrogen) atoms. The summed E-state index contributed by atoms with van der Waals surface area (Å²) in [6.45, 7) is 4.30. The van der Waals surface area contributed by atoms with Crippen molar-refractivity contribution in [2.45, 2.75) is 43.5 Å². The normalized spacial score (nSPS) is 38.7. The molecule has 2 atom stereocenters. The second kappa shape index (κ2) is 3.41. The fourth-order valence-electron chi connectivity index (χ4n) is 2.60. The number of thioether (sulfide) groups is 1. The van der Waals surface area contributed by atoms with E-state index in [2.05, 4.69) is 19.9 Å². The van der Waals surface area contributed by atoms with Gasteiger partial charge in [-0.15, -0.1) is 0 Å². The van der Waals surface area contributed by atoms with E-state index in [0.29, 0.717) is 0 Å². The van der Waals surface area contributed by atoms with Crippen molar-refractivity contribution in [3.8, 4) is 6.07 Å². The van der Waals surface area contributed by atoms with Crippen LogP contribution in [0.1, 0.15) is 33.1 Å². The van der Waals surface area contributed by atoms with Gasteiger partial charge < -0.3 is 4.74 Å². The van der Waals surface area contributed by atoms with Gasteiger partial charge in [0.2, 0.25) is 0 Å². The molecule has 0 bridgehead atoms. The summed E-state index contributed by atoms with van der Waals surface area (Å²) in [6, 6.07) is 2.24. The maximum Gasteiger partial charge on any atom is 0.307 e. The maximum absolute atomic E-state index is 11.3. The largest absolute Gasteiger partial charge is 0.458 e. The van der Waals surface area contributed by atoms with Crippen LogP contribution in [0.4, 0.5) is 0 Å². The van der Waals surface area contributed by atoms with Gasteiger partial charge in [-0.05, 0) is 12.2 Å². The molecule has 0 radical (unpaired) electrons. The summed E-state index contributed by atoms with van der Waals surface area (Å²) in [6.07, 6.45) is 1.90. The topological polar surface area (TPSA) is 50.1 Å². The Bertz CT molecular complexity index is 334. The Labute approximate surface area is 94.2 Å². The summed E-state index contributed by atoms with van der Waals surface area (Å²) in [7, 11) is 0. The molecule has 0 unspecified atom stereocenters. The second-order valence-corrected chi connectivity index (χ2v) is 6.76. The van der Waals surface area contributed by atoms with E-state index < -0.39 is 5.60 Å². The third-order valence-electron chi connectivity index (χ3n) is 3.22. The van der Waals surface area contributed by atoms with Gasteiger partial charge >= 0.3 is 5.97 Å². The SMILES string of the molecule is CC1(C)C[C@@]2(CCS1)OC(=O)C[C@@H]2C#N. The van der Waals surface area contributed by atoms with Gasteiger partial charge in [0, 0.05) is 11.2 Å². The molecule has 2 rings (SSSR count). The van der Waals surface area contributed by atoms with Crippen LogP contribution in [0.2, 0.25) is 0 Å². The molecule has 0 N–H and O–H groups in total. The molecule has 0 aromatic rings. The van der Waals surface area contributed by atoms with Crippen LogP contribution in [0.15, 0.2) is 0 Å². The molecule has 0 saturated carbocycles. The molecule has 0 aromatic heterocycles. The van der Waals surface area contributed by atoms with Crippen molar-refractivity contribution >= 4 is 17.7 Å². The molecule has 0 aliphatic carbocycles. The summed E-state index contributed by atoms with van der Waals surface area (Å²) < 4.78 is 5.56. The maximum atomic E-state index is 11.3. The molecule has 82 valence electrons. The molecule has 2 aliphatic rings. The van der Waals surface area contributed by atoms with E-state index in [9.17, 15) is 4.79 Å². The van der Waals surface area contributed by atoms with E-state index in [0.717, 1.165) is 18.6 Å². The van der Waals surface area contributed by atoms with Crippen LogP contribution in [0, 0.1) is 17.2 Å². The molecule has 2 fully saturated rings. The second-order valence-electron chi connectivity index (χ2n) is 4.96. The van der Waals surface area contributed by atoms with Crippen molar-refractivity contribution < 1.29 is 9.53 Å². The highest BCUT2D eigenvalue weighted by molar-refractivity contribution is 8.00. The average Bonchev–Trinajstić information content (AvgIpc) is 2.39. The molecule has 0 aromatic carbocycles.